The lowest BCUT2D eigenvalue weighted by atomic mass is 10.2. The molecule has 0 saturated carbocycles. The van der Waals surface area contributed by atoms with Crippen LogP contribution in [0, 0.1) is 0 Å². The van der Waals surface area contributed by atoms with Gasteiger partial charge in [0.2, 0.25) is 5.12 Å². The molecule has 2 nitrogen and oxygen atoms in total. The number of nitrogens with zero attached hydrogens (tertiary/aromatic N) is 1. The number of hydrogen-bond acceptors (Lipinski definition) is 3. The van der Waals surface area contributed by atoms with E-state index in [1.165, 1.54) is 18.0 Å². The first kappa shape index (κ1) is 7.55. The lowest BCUT2D eigenvalue weighted by molar-refractivity contribution is -0.105. The maximum atomic E-state index is 10.8. The van der Waals surface area contributed by atoms with E-state index in [-0.39, 0.29) is 10.5 Å². The number of hydrogen-bond donors (Lipinski definition) is 0. The molecule has 1 aliphatic rings. The topological polar surface area (TPSA) is 29.4 Å². The molecule has 0 aliphatic carbocycles. The highest BCUT2D eigenvalue weighted by atomic mass is 32.2. The van der Waals surface area contributed by atoms with Crippen LogP contribution in [0.4, 0.5) is 0 Å². The lowest BCUT2D eigenvalue weighted by Gasteiger charge is -2.03. The Kier molecular flexibility index (Phi) is 1.96. The largest absolute Gasteiger partial charge is 0.280 e. The van der Waals surface area contributed by atoms with E-state index in [0.29, 0.717) is 0 Å². The third-order valence-electron chi connectivity index (χ3n) is 1.63. The van der Waals surface area contributed by atoms with E-state index in [9.17, 15) is 4.79 Å². The Morgan fingerprint density at radius 2 is 2.00 bits per heavy atom. The van der Waals surface area contributed by atoms with Crippen molar-refractivity contribution in [1.29, 1.82) is 0 Å². The fraction of sp³-hybridized carbons (Fsp3) is 0.111. The van der Waals surface area contributed by atoms with Gasteiger partial charge in [0.15, 0.2) is 0 Å². The second-order valence-electron chi connectivity index (χ2n) is 2.48. The number of thioether (sulfide) groups is 1. The van der Waals surface area contributed by atoms with Crippen molar-refractivity contribution >= 4 is 23.1 Å². The smallest absolute Gasteiger partial charge is 0.232 e. The maximum absolute atomic E-state index is 10.8. The van der Waals surface area contributed by atoms with E-state index < -0.39 is 0 Å². The maximum Gasteiger partial charge on any atom is 0.232 e. The van der Waals surface area contributed by atoms with E-state index in [0.717, 1.165) is 5.56 Å². The third-order valence-corrected chi connectivity index (χ3v) is 2.58. The average Bonchev–Trinajstić information content (AvgIpc) is 2.54. The number of benzene rings is 1. The Morgan fingerprint density at radius 1 is 1.25 bits per heavy atom. The van der Waals surface area contributed by atoms with Crippen molar-refractivity contribution in [3.8, 4) is 0 Å². The molecule has 0 bridgehead atoms. The van der Waals surface area contributed by atoms with Crippen molar-refractivity contribution in [3.63, 3.8) is 0 Å². The van der Waals surface area contributed by atoms with Gasteiger partial charge in [0.1, 0.15) is 5.37 Å². The molecule has 2 rings (SSSR count). The zero-order valence-corrected chi connectivity index (χ0v) is 7.12. The molecule has 0 spiro atoms. The standard InChI is InChI=1S/C9H7NOS/c11-8-6-10-9(12-8)7-4-2-1-3-5-7/h1-6,9H. The normalized spacial score (nSPS) is 21.7. The van der Waals surface area contributed by atoms with Crippen molar-refractivity contribution < 1.29 is 4.79 Å². The molecule has 3 heteroatoms. The zero-order chi connectivity index (χ0) is 8.39. The van der Waals surface area contributed by atoms with Crippen molar-refractivity contribution in [3.05, 3.63) is 35.9 Å². The Morgan fingerprint density at radius 3 is 2.58 bits per heavy atom. The quantitative estimate of drug-likeness (QED) is 0.656. The summed E-state index contributed by atoms with van der Waals surface area (Å²) in [5, 5.41) is 0.0301. The zero-order valence-electron chi connectivity index (χ0n) is 6.31. The molecule has 0 radical (unpaired) electrons. The third kappa shape index (κ3) is 1.41. The van der Waals surface area contributed by atoms with Gasteiger partial charge in [-0.15, -0.1) is 0 Å². The summed E-state index contributed by atoms with van der Waals surface area (Å²) in [4.78, 5) is 14.9. The number of aliphatic imine (C=N–C) groups is 1. The molecule has 1 unspecified atom stereocenters. The highest BCUT2D eigenvalue weighted by Gasteiger charge is 2.19. The van der Waals surface area contributed by atoms with Crippen LogP contribution in [-0.4, -0.2) is 11.3 Å². The van der Waals surface area contributed by atoms with Crippen LogP contribution in [-0.2, 0) is 4.79 Å². The van der Waals surface area contributed by atoms with Crippen LogP contribution in [0.25, 0.3) is 0 Å². The number of rotatable bonds is 1. The summed E-state index contributed by atoms with van der Waals surface area (Å²) in [5.74, 6) is 0. The Balaban J connectivity index is 2.23. The van der Waals surface area contributed by atoms with Gasteiger partial charge in [-0.1, -0.05) is 42.1 Å². The van der Waals surface area contributed by atoms with E-state index in [1.807, 2.05) is 30.3 Å². The van der Waals surface area contributed by atoms with E-state index in [2.05, 4.69) is 4.99 Å². The molecular weight excluding hydrogens is 170 g/mol. The van der Waals surface area contributed by atoms with Crippen LogP contribution in [0.5, 0.6) is 0 Å². The minimum Gasteiger partial charge on any atom is -0.280 e. The van der Waals surface area contributed by atoms with E-state index in [1.54, 1.807) is 0 Å². The number of carbonyl (C=O) groups is 1. The van der Waals surface area contributed by atoms with Crippen LogP contribution in [0.15, 0.2) is 35.3 Å². The summed E-state index contributed by atoms with van der Waals surface area (Å²) < 4.78 is 0. The fourth-order valence-corrected chi connectivity index (χ4v) is 1.83. The minimum atomic E-state index is -0.0151. The molecule has 0 amide bonds. The van der Waals surface area contributed by atoms with E-state index >= 15 is 0 Å². The SMILES string of the molecule is O=C1C=NC(c2ccccc2)S1. The molecule has 1 aromatic carbocycles. The van der Waals surface area contributed by atoms with Gasteiger partial charge in [0.05, 0.1) is 6.21 Å². The Hall–Kier alpha value is -1.09. The summed E-state index contributed by atoms with van der Waals surface area (Å²) in [6.07, 6.45) is 1.39. The molecule has 1 heterocycles. The van der Waals surface area contributed by atoms with Gasteiger partial charge < -0.3 is 0 Å². The van der Waals surface area contributed by atoms with Crippen molar-refractivity contribution in [2.45, 2.75) is 5.37 Å². The summed E-state index contributed by atoms with van der Waals surface area (Å²) in [6.45, 7) is 0. The predicted molar refractivity (Wildman–Crippen MR) is 50.3 cm³/mol. The molecule has 1 atom stereocenters. The van der Waals surface area contributed by atoms with Crippen molar-refractivity contribution in [2.75, 3.05) is 0 Å². The molecule has 0 saturated heterocycles. The molecule has 60 valence electrons. The molecule has 0 fully saturated rings. The second kappa shape index (κ2) is 3.11. The molecule has 12 heavy (non-hydrogen) atoms. The summed E-state index contributed by atoms with van der Waals surface area (Å²) in [5.41, 5.74) is 1.09. The van der Waals surface area contributed by atoms with Crippen LogP contribution in [0.2, 0.25) is 0 Å². The predicted octanol–water partition coefficient (Wildman–Crippen LogP) is 2.03. The summed E-state index contributed by atoms with van der Waals surface area (Å²) >= 11 is 1.26. The average molecular weight is 177 g/mol. The Labute approximate surface area is 74.7 Å². The van der Waals surface area contributed by atoms with Gasteiger partial charge in [-0.2, -0.15) is 0 Å². The first-order valence-corrected chi connectivity index (χ1v) is 4.53. The highest BCUT2D eigenvalue weighted by molar-refractivity contribution is 8.15. The van der Waals surface area contributed by atoms with Gasteiger partial charge in [-0.25, -0.2) is 0 Å². The van der Waals surface area contributed by atoms with Crippen LogP contribution in [0.3, 0.4) is 0 Å². The van der Waals surface area contributed by atoms with Crippen molar-refractivity contribution in [1.82, 2.24) is 0 Å². The van der Waals surface area contributed by atoms with Gasteiger partial charge in [-0.05, 0) is 5.56 Å². The lowest BCUT2D eigenvalue weighted by Crippen LogP contribution is -1.86. The molecule has 1 aliphatic heterocycles. The van der Waals surface area contributed by atoms with Gasteiger partial charge >= 0.3 is 0 Å². The monoisotopic (exact) mass is 177 g/mol. The summed E-state index contributed by atoms with van der Waals surface area (Å²) in [7, 11) is 0. The highest BCUT2D eigenvalue weighted by Crippen LogP contribution is 2.33. The first-order valence-electron chi connectivity index (χ1n) is 3.65. The van der Waals surface area contributed by atoms with Crippen LogP contribution >= 0.6 is 11.8 Å². The first-order chi connectivity index (χ1) is 5.86. The minimum absolute atomic E-state index is 0.0151. The molecule has 1 aromatic rings. The number of carbonyl (C=O) groups excluding carboxylic acids is 1. The van der Waals surface area contributed by atoms with Crippen LogP contribution < -0.4 is 0 Å². The van der Waals surface area contributed by atoms with Gasteiger partial charge in [0, 0.05) is 0 Å². The Bertz CT molecular complexity index is 321. The molecule has 0 N–H and O–H groups in total. The second-order valence-corrected chi connectivity index (χ2v) is 3.56. The van der Waals surface area contributed by atoms with E-state index in [4.69, 9.17) is 0 Å². The van der Waals surface area contributed by atoms with Crippen molar-refractivity contribution in [2.24, 2.45) is 4.99 Å². The summed E-state index contributed by atoms with van der Waals surface area (Å²) in [6, 6.07) is 9.82. The van der Waals surface area contributed by atoms with Gasteiger partial charge in [-0.3, -0.25) is 9.79 Å². The van der Waals surface area contributed by atoms with Crippen LogP contribution in [0.1, 0.15) is 10.9 Å². The molecular formula is C9H7NOS. The molecule has 0 aromatic heterocycles. The fourth-order valence-electron chi connectivity index (χ4n) is 1.07. The van der Waals surface area contributed by atoms with Gasteiger partial charge in [0.25, 0.3) is 0 Å².